The van der Waals surface area contributed by atoms with Gasteiger partial charge in [-0.05, 0) is 18.1 Å². The molecular weight excluding hydrogens is 380 g/mol. The maximum Gasteiger partial charge on any atom is 0.407 e. The highest BCUT2D eigenvalue weighted by molar-refractivity contribution is 8.14. The number of aryl methyl sites for hydroxylation is 1. The molecule has 0 radical (unpaired) electrons. The molecule has 0 saturated carbocycles. The summed E-state index contributed by atoms with van der Waals surface area (Å²) >= 11 is 1.49. The predicted molar refractivity (Wildman–Crippen MR) is 102 cm³/mol. The second-order valence-corrected chi connectivity index (χ2v) is 6.46. The number of ether oxygens (including phenoxy) is 1. The van der Waals surface area contributed by atoms with Crippen LogP contribution in [0.2, 0.25) is 0 Å². The van der Waals surface area contributed by atoms with Crippen LogP contribution in [0.3, 0.4) is 0 Å². The van der Waals surface area contributed by atoms with Crippen molar-refractivity contribution in [2.24, 2.45) is 5.10 Å². The zero-order chi connectivity index (χ0) is 18.4. The highest BCUT2D eigenvalue weighted by Gasteiger charge is 2.30. The molecule has 1 aliphatic rings. The number of carbonyl (C=O) groups is 3. The highest BCUT2D eigenvalue weighted by atomic mass is 35.5. The molecule has 10 heteroatoms. The van der Waals surface area contributed by atoms with Crippen molar-refractivity contribution in [3.8, 4) is 0 Å². The number of hydrazone groups is 1. The van der Waals surface area contributed by atoms with Crippen LogP contribution in [0, 0.1) is 6.92 Å². The van der Waals surface area contributed by atoms with Crippen LogP contribution in [0.15, 0.2) is 29.4 Å². The Hall–Kier alpha value is -2.26. The molecule has 1 atom stereocenters. The van der Waals surface area contributed by atoms with Gasteiger partial charge < -0.3 is 15.0 Å². The molecular formula is C16H21ClN4O4S. The third-order valence-corrected chi connectivity index (χ3v) is 4.72. The van der Waals surface area contributed by atoms with E-state index in [4.69, 9.17) is 0 Å². The first-order chi connectivity index (χ1) is 11.9. The lowest BCUT2D eigenvalue weighted by atomic mass is 9.98. The fourth-order valence-electron chi connectivity index (χ4n) is 2.25. The lowest BCUT2D eigenvalue weighted by Crippen LogP contribution is -2.41. The van der Waals surface area contributed by atoms with Crippen LogP contribution in [-0.2, 0) is 14.3 Å². The quantitative estimate of drug-likeness (QED) is 0.573. The summed E-state index contributed by atoms with van der Waals surface area (Å²) in [5.74, 6) is -0.859. The molecule has 2 N–H and O–H groups in total. The number of alkyl carbamates (subject to hydrolysis) is 1. The van der Waals surface area contributed by atoms with Crippen molar-refractivity contribution in [1.82, 2.24) is 15.6 Å². The SMILES string of the molecule is COC(=O)NC(C(=O)C(=O)N/N=C1\SCCN1C)c1ccccc1C.Cl. The van der Waals surface area contributed by atoms with Crippen LogP contribution in [0.4, 0.5) is 4.79 Å². The summed E-state index contributed by atoms with van der Waals surface area (Å²) in [4.78, 5) is 38.2. The van der Waals surface area contributed by atoms with Crippen LogP contribution in [0.25, 0.3) is 0 Å². The monoisotopic (exact) mass is 400 g/mol. The van der Waals surface area contributed by atoms with E-state index in [-0.39, 0.29) is 12.4 Å². The topological polar surface area (TPSA) is 100 Å². The molecule has 1 unspecified atom stereocenters. The Morgan fingerprint density at radius 1 is 1.31 bits per heavy atom. The van der Waals surface area contributed by atoms with E-state index in [1.807, 2.05) is 11.9 Å². The summed E-state index contributed by atoms with van der Waals surface area (Å²) in [5, 5.41) is 7.00. The van der Waals surface area contributed by atoms with E-state index in [9.17, 15) is 14.4 Å². The summed E-state index contributed by atoms with van der Waals surface area (Å²) in [6.45, 7) is 2.61. The fraction of sp³-hybridized carbons (Fsp3) is 0.375. The largest absolute Gasteiger partial charge is 0.453 e. The molecule has 142 valence electrons. The first-order valence-corrected chi connectivity index (χ1v) is 8.58. The number of carbonyl (C=O) groups excluding carboxylic acids is 3. The van der Waals surface area contributed by atoms with Crippen molar-refractivity contribution in [2.45, 2.75) is 13.0 Å². The molecule has 1 heterocycles. The lowest BCUT2D eigenvalue weighted by Gasteiger charge is -2.18. The Kier molecular flexibility index (Phi) is 8.40. The lowest BCUT2D eigenvalue weighted by molar-refractivity contribution is -0.139. The second-order valence-electron chi connectivity index (χ2n) is 5.40. The number of nitrogens with zero attached hydrogens (tertiary/aromatic N) is 2. The minimum atomic E-state index is -1.15. The summed E-state index contributed by atoms with van der Waals surface area (Å²) < 4.78 is 4.56. The molecule has 1 saturated heterocycles. The molecule has 2 amide bonds. The average molecular weight is 401 g/mol. The zero-order valence-electron chi connectivity index (χ0n) is 14.6. The van der Waals surface area contributed by atoms with Gasteiger partial charge in [0.15, 0.2) is 5.17 Å². The molecule has 1 fully saturated rings. The van der Waals surface area contributed by atoms with Crippen molar-refractivity contribution in [3.63, 3.8) is 0 Å². The van der Waals surface area contributed by atoms with Gasteiger partial charge in [0.2, 0.25) is 5.78 Å². The number of amides is 2. The molecule has 0 spiro atoms. The molecule has 8 nitrogen and oxygen atoms in total. The molecule has 0 bridgehead atoms. The molecule has 0 aliphatic carbocycles. The molecule has 2 rings (SSSR count). The van der Waals surface area contributed by atoms with E-state index in [1.54, 1.807) is 31.2 Å². The number of nitrogens with one attached hydrogen (secondary N) is 2. The Balaban J connectivity index is 0.00000338. The van der Waals surface area contributed by atoms with Gasteiger partial charge in [0.25, 0.3) is 0 Å². The maximum absolute atomic E-state index is 12.6. The first-order valence-electron chi connectivity index (χ1n) is 7.60. The summed E-state index contributed by atoms with van der Waals surface area (Å²) in [6, 6.07) is 5.84. The van der Waals surface area contributed by atoms with Crippen molar-refractivity contribution in [2.75, 3.05) is 26.5 Å². The van der Waals surface area contributed by atoms with E-state index in [1.165, 1.54) is 18.9 Å². The number of hydrogen-bond donors (Lipinski definition) is 2. The number of amidine groups is 1. The van der Waals surface area contributed by atoms with Crippen molar-refractivity contribution < 1.29 is 19.1 Å². The van der Waals surface area contributed by atoms with Gasteiger partial charge in [-0.15, -0.1) is 17.5 Å². The Labute approximate surface area is 162 Å². The third kappa shape index (κ3) is 5.37. The number of rotatable bonds is 5. The first kappa shape index (κ1) is 21.8. The summed E-state index contributed by atoms with van der Waals surface area (Å²) in [6.07, 6.45) is -0.799. The maximum atomic E-state index is 12.6. The summed E-state index contributed by atoms with van der Waals surface area (Å²) in [7, 11) is 3.04. The van der Waals surface area contributed by atoms with Crippen LogP contribution < -0.4 is 10.7 Å². The summed E-state index contributed by atoms with van der Waals surface area (Å²) in [5.41, 5.74) is 3.55. The highest BCUT2D eigenvalue weighted by Crippen LogP contribution is 2.19. The average Bonchev–Trinajstić information content (AvgIpc) is 3.02. The third-order valence-electron chi connectivity index (χ3n) is 3.67. The Morgan fingerprint density at radius 2 is 2.00 bits per heavy atom. The van der Waals surface area contributed by atoms with Crippen LogP contribution in [0.5, 0.6) is 0 Å². The molecule has 0 aromatic heterocycles. The van der Waals surface area contributed by atoms with Gasteiger partial charge >= 0.3 is 12.0 Å². The minimum Gasteiger partial charge on any atom is -0.453 e. The van der Waals surface area contributed by atoms with Gasteiger partial charge in [-0.3, -0.25) is 9.59 Å². The normalized spacial score (nSPS) is 15.8. The van der Waals surface area contributed by atoms with E-state index >= 15 is 0 Å². The van der Waals surface area contributed by atoms with Crippen molar-refractivity contribution in [3.05, 3.63) is 35.4 Å². The number of ketones is 1. The van der Waals surface area contributed by atoms with Crippen LogP contribution >= 0.6 is 24.2 Å². The fourth-order valence-corrected chi connectivity index (χ4v) is 3.22. The van der Waals surface area contributed by atoms with E-state index in [0.717, 1.165) is 17.9 Å². The minimum absolute atomic E-state index is 0. The van der Waals surface area contributed by atoms with Crippen LogP contribution in [0.1, 0.15) is 17.2 Å². The van der Waals surface area contributed by atoms with Gasteiger partial charge in [-0.25, -0.2) is 10.2 Å². The van der Waals surface area contributed by atoms with E-state index in [0.29, 0.717) is 10.7 Å². The number of halogens is 1. The number of methoxy groups -OCH3 is 1. The molecule has 1 aromatic rings. The van der Waals surface area contributed by atoms with E-state index in [2.05, 4.69) is 20.6 Å². The van der Waals surface area contributed by atoms with Gasteiger partial charge in [0, 0.05) is 19.3 Å². The second kappa shape index (κ2) is 10.0. The van der Waals surface area contributed by atoms with Gasteiger partial charge in [0.05, 0.1) is 7.11 Å². The number of hydrogen-bond acceptors (Lipinski definition) is 6. The van der Waals surface area contributed by atoms with Crippen LogP contribution in [-0.4, -0.2) is 54.3 Å². The Morgan fingerprint density at radius 3 is 2.58 bits per heavy atom. The van der Waals surface area contributed by atoms with Gasteiger partial charge in [-0.1, -0.05) is 36.0 Å². The molecule has 26 heavy (non-hydrogen) atoms. The van der Waals surface area contributed by atoms with Gasteiger partial charge in [0.1, 0.15) is 6.04 Å². The standard InChI is InChI=1S/C16H20N4O4S.ClH/c1-10-6-4-5-7-11(10)12(17-16(23)24-3)13(21)14(22)18-19-15-20(2)8-9-25-15;/h4-7,12H,8-9H2,1-3H3,(H,17,23)(H,18,22);1H/b19-15-;. The van der Waals surface area contributed by atoms with Gasteiger partial charge in [-0.2, -0.15) is 0 Å². The Bertz CT molecular complexity index is 713. The zero-order valence-corrected chi connectivity index (χ0v) is 16.3. The smallest absolute Gasteiger partial charge is 0.407 e. The number of Topliss-reactive ketones (excluding diaryl/α,β-unsaturated/α-hetero) is 1. The van der Waals surface area contributed by atoms with E-state index < -0.39 is 23.8 Å². The molecule has 1 aliphatic heterocycles. The number of thioether (sulfide) groups is 1. The van der Waals surface area contributed by atoms with Crippen molar-refractivity contribution >= 4 is 47.1 Å². The predicted octanol–water partition coefficient (Wildman–Crippen LogP) is 1.45. The molecule has 1 aromatic carbocycles. The number of benzene rings is 1. The van der Waals surface area contributed by atoms with Crippen molar-refractivity contribution in [1.29, 1.82) is 0 Å².